The summed E-state index contributed by atoms with van der Waals surface area (Å²) in [6.07, 6.45) is 0.0917. The van der Waals surface area contributed by atoms with Gasteiger partial charge in [-0.2, -0.15) is 0 Å². The zero-order valence-corrected chi connectivity index (χ0v) is 26.0. The Balaban J connectivity index is 1.25. The molecular formula is C35H41N3O7. The van der Waals surface area contributed by atoms with Gasteiger partial charge in [0.2, 0.25) is 5.91 Å². The third-order valence-electron chi connectivity index (χ3n) is 7.17. The van der Waals surface area contributed by atoms with Crippen molar-refractivity contribution in [3.8, 4) is 11.1 Å². The van der Waals surface area contributed by atoms with Gasteiger partial charge >= 0.3 is 18.2 Å². The lowest BCUT2D eigenvalue weighted by atomic mass is 9.98. The zero-order valence-electron chi connectivity index (χ0n) is 26.0. The second-order valence-electron chi connectivity index (χ2n) is 11.8. The number of unbranched alkanes of at least 4 members (excludes halogenated alkanes) is 1. The molecule has 3 aromatic rings. The highest BCUT2D eigenvalue weighted by atomic mass is 16.6. The minimum absolute atomic E-state index is 0.0598. The molecule has 0 bridgehead atoms. The number of fused-ring (bicyclic) bond motifs is 3. The average Bonchev–Trinajstić information content (AvgIpc) is 3.34. The quantitative estimate of drug-likeness (QED) is 0.132. The van der Waals surface area contributed by atoms with Crippen LogP contribution in [0.4, 0.5) is 9.59 Å². The van der Waals surface area contributed by atoms with E-state index in [0.717, 1.165) is 27.8 Å². The predicted molar refractivity (Wildman–Crippen MR) is 169 cm³/mol. The second-order valence-corrected chi connectivity index (χ2v) is 11.8. The minimum Gasteiger partial charge on any atom is -0.459 e. The zero-order chi connectivity index (χ0) is 32.2. The van der Waals surface area contributed by atoms with Gasteiger partial charge in [-0.1, -0.05) is 78.9 Å². The molecule has 1 aliphatic carbocycles. The average molecular weight is 616 g/mol. The number of alkyl carbamates (subject to hydrolysis) is 2. The number of benzene rings is 3. The van der Waals surface area contributed by atoms with E-state index >= 15 is 0 Å². The topological polar surface area (TPSA) is 132 Å². The van der Waals surface area contributed by atoms with E-state index in [1.165, 1.54) is 0 Å². The van der Waals surface area contributed by atoms with E-state index in [-0.39, 0.29) is 32.1 Å². The molecule has 10 nitrogen and oxygen atoms in total. The molecular weight excluding hydrogens is 574 g/mol. The molecule has 1 aliphatic rings. The van der Waals surface area contributed by atoms with Crippen molar-refractivity contribution in [3.63, 3.8) is 0 Å². The van der Waals surface area contributed by atoms with E-state index in [9.17, 15) is 19.2 Å². The van der Waals surface area contributed by atoms with Crippen LogP contribution >= 0.6 is 0 Å². The van der Waals surface area contributed by atoms with Crippen LogP contribution in [0.3, 0.4) is 0 Å². The fourth-order valence-corrected chi connectivity index (χ4v) is 5.10. The normalized spacial score (nSPS) is 12.7. The van der Waals surface area contributed by atoms with E-state index in [1.807, 2.05) is 66.7 Å². The van der Waals surface area contributed by atoms with Crippen LogP contribution in [0.5, 0.6) is 0 Å². The van der Waals surface area contributed by atoms with Crippen molar-refractivity contribution in [2.24, 2.45) is 0 Å². The molecule has 10 heteroatoms. The summed E-state index contributed by atoms with van der Waals surface area (Å²) in [6, 6.07) is 24.3. The first kappa shape index (κ1) is 33.0. The molecule has 0 aliphatic heterocycles. The van der Waals surface area contributed by atoms with Gasteiger partial charge in [-0.3, -0.25) is 4.79 Å². The lowest BCUT2D eigenvalue weighted by Crippen LogP contribution is -2.46. The largest absolute Gasteiger partial charge is 0.459 e. The first-order valence-corrected chi connectivity index (χ1v) is 15.2. The fourth-order valence-electron chi connectivity index (χ4n) is 5.10. The summed E-state index contributed by atoms with van der Waals surface area (Å²) in [5.74, 6) is -1.25. The second kappa shape index (κ2) is 15.7. The van der Waals surface area contributed by atoms with Gasteiger partial charge in [0.1, 0.15) is 31.4 Å². The van der Waals surface area contributed by atoms with Crippen molar-refractivity contribution in [3.05, 3.63) is 95.6 Å². The first-order valence-electron chi connectivity index (χ1n) is 15.2. The van der Waals surface area contributed by atoms with Crippen molar-refractivity contribution in [2.45, 2.75) is 64.2 Å². The van der Waals surface area contributed by atoms with Crippen molar-refractivity contribution < 1.29 is 33.4 Å². The van der Waals surface area contributed by atoms with Gasteiger partial charge < -0.3 is 30.2 Å². The van der Waals surface area contributed by atoms with Crippen LogP contribution in [0.15, 0.2) is 78.9 Å². The van der Waals surface area contributed by atoms with Gasteiger partial charge in [0.15, 0.2) is 0 Å². The number of carbonyl (C=O) groups excluding carboxylic acids is 4. The molecule has 238 valence electrons. The standard InChI is InChI=1S/C35H41N3O7/c1-35(2,3)45-34(42)36-20-12-11-19-30(32(40)43-22-24-13-5-4-6-14-24)38-31(39)21-37-33(41)44-23-29-27-17-9-7-15-25(27)26-16-8-10-18-28(26)29/h4-10,13-18,29-30H,11-12,19-23H2,1-3H3,(H,36,42)(H,37,41)(H,38,39). The highest BCUT2D eigenvalue weighted by Crippen LogP contribution is 2.44. The molecule has 0 spiro atoms. The summed E-state index contributed by atoms with van der Waals surface area (Å²) < 4.78 is 16.2. The molecule has 1 atom stereocenters. The van der Waals surface area contributed by atoms with E-state index in [4.69, 9.17) is 14.2 Å². The Morgan fingerprint density at radius 3 is 2.02 bits per heavy atom. The molecule has 0 heterocycles. The van der Waals surface area contributed by atoms with Crippen molar-refractivity contribution in [1.82, 2.24) is 16.0 Å². The van der Waals surface area contributed by atoms with Crippen LogP contribution in [0.2, 0.25) is 0 Å². The van der Waals surface area contributed by atoms with Crippen LogP contribution < -0.4 is 16.0 Å². The number of hydrogen-bond acceptors (Lipinski definition) is 7. The van der Waals surface area contributed by atoms with Crippen molar-refractivity contribution >= 4 is 24.1 Å². The maximum atomic E-state index is 12.9. The van der Waals surface area contributed by atoms with Crippen molar-refractivity contribution in [1.29, 1.82) is 0 Å². The highest BCUT2D eigenvalue weighted by Gasteiger charge is 2.29. The fraction of sp³-hybridized carbons (Fsp3) is 0.371. The Kier molecular flexibility index (Phi) is 11.6. The Morgan fingerprint density at radius 1 is 0.756 bits per heavy atom. The Labute approximate surface area is 263 Å². The lowest BCUT2D eigenvalue weighted by Gasteiger charge is -2.20. The number of esters is 1. The molecule has 0 saturated heterocycles. The van der Waals surface area contributed by atoms with Gasteiger partial charge in [0, 0.05) is 12.5 Å². The highest BCUT2D eigenvalue weighted by molar-refractivity contribution is 5.87. The molecule has 3 N–H and O–H groups in total. The predicted octanol–water partition coefficient (Wildman–Crippen LogP) is 5.45. The molecule has 1 unspecified atom stereocenters. The number of nitrogens with one attached hydrogen (secondary N) is 3. The maximum absolute atomic E-state index is 12.9. The molecule has 3 aromatic carbocycles. The smallest absolute Gasteiger partial charge is 0.407 e. The van der Waals surface area contributed by atoms with Crippen molar-refractivity contribution in [2.75, 3.05) is 19.7 Å². The SMILES string of the molecule is CC(C)(C)OC(=O)NCCCCC(NC(=O)CNC(=O)OCC1c2ccccc2-c2ccccc21)C(=O)OCc1ccccc1. The van der Waals surface area contributed by atoms with E-state index < -0.39 is 35.7 Å². The Morgan fingerprint density at radius 2 is 1.38 bits per heavy atom. The number of carbonyl (C=O) groups is 4. The van der Waals surface area contributed by atoms with Gasteiger partial charge in [0.25, 0.3) is 0 Å². The van der Waals surface area contributed by atoms with E-state index in [0.29, 0.717) is 19.4 Å². The third-order valence-corrected chi connectivity index (χ3v) is 7.17. The van der Waals surface area contributed by atoms with Gasteiger partial charge in [-0.15, -0.1) is 0 Å². The molecule has 0 radical (unpaired) electrons. The molecule has 0 saturated carbocycles. The summed E-state index contributed by atoms with van der Waals surface area (Å²) in [5.41, 5.74) is 4.62. The number of amides is 3. The molecule has 4 rings (SSSR count). The molecule has 0 aromatic heterocycles. The van der Waals surface area contributed by atoms with Gasteiger partial charge in [-0.25, -0.2) is 14.4 Å². The molecule has 0 fully saturated rings. The summed E-state index contributed by atoms with van der Waals surface area (Å²) in [6.45, 7) is 5.49. The maximum Gasteiger partial charge on any atom is 0.407 e. The van der Waals surface area contributed by atoms with Gasteiger partial charge in [0.05, 0.1) is 0 Å². The van der Waals surface area contributed by atoms with Crippen LogP contribution in [0, 0.1) is 0 Å². The number of rotatable bonds is 13. The number of hydrogen-bond donors (Lipinski definition) is 3. The monoisotopic (exact) mass is 615 g/mol. The summed E-state index contributed by atoms with van der Waals surface area (Å²) >= 11 is 0. The minimum atomic E-state index is -0.938. The molecule has 45 heavy (non-hydrogen) atoms. The van der Waals surface area contributed by atoms with Gasteiger partial charge in [-0.05, 0) is 67.9 Å². The molecule has 3 amide bonds. The summed E-state index contributed by atoms with van der Waals surface area (Å²) in [5, 5.41) is 7.82. The Hall–Kier alpha value is -4.86. The summed E-state index contributed by atoms with van der Waals surface area (Å²) in [4.78, 5) is 50.1. The van der Waals surface area contributed by atoms with E-state index in [1.54, 1.807) is 20.8 Å². The van der Waals surface area contributed by atoms with E-state index in [2.05, 4.69) is 28.1 Å². The summed E-state index contributed by atoms with van der Waals surface area (Å²) in [7, 11) is 0. The van der Waals surface area contributed by atoms with Crippen LogP contribution in [0.25, 0.3) is 11.1 Å². The Bertz CT molecular complexity index is 1420. The van der Waals surface area contributed by atoms with Crippen LogP contribution in [0.1, 0.15) is 62.6 Å². The lowest BCUT2D eigenvalue weighted by molar-refractivity contribution is -0.149. The first-order chi connectivity index (χ1) is 21.6. The third kappa shape index (κ3) is 10.1. The number of ether oxygens (including phenoxy) is 3. The van der Waals surface area contributed by atoms with Crippen LogP contribution in [-0.4, -0.2) is 55.4 Å². The van der Waals surface area contributed by atoms with Crippen LogP contribution in [-0.2, 0) is 30.4 Å².